The zero-order valence-electron chi connectivity index (χ0n) is 12.6. The summed E-state index contributed by atoms with van der Waals surface area (Å²) in [5.41, 5.74) is 6.98. The molecule has 1 amide bonds. The maximum absolute atomic E-state index is 11.6. The monoisotopic (exact) mass is 280 g/mol. The van der Waals surface area contributed by atoms with Gasteiger partial charge in [0.25, 0.3) is 0 Å². The number of nitrogens with two attached hydrogens (primary N) is 1. The number of phenols is 1. The maximum Gasteiger partial charge on any atom is 0.407 e. The van der Waals surface area contributed by atoms with E-state index in [4.69, 9.17) is 10.5 Å². The Kier molecular flexibility index (Phi) is 5.39. The van der Waals surface area contributed by atoms with E-state index in [1.54, 1.807) is 26.8 Å². The fraction of sp³-hybridized carbons (Fsp3) is 0.533. The van der Waals surface area contributed by atoms with Crippen LogP contribution in [0.15, 0.2) is 18.2 Å². The van der Waals surface area contributed by atoms with E-state index in [1.165, 1.54) is 0 Å². The van der Waals surface area contributed by atoms with E-state index >= 15 is 0 Å². The van der Waals surface area contributed by atoms with Gasteiger partial charge in [-0.25, -0.2) is 4.79 Å². The van der Waals surface area contributed by atoms with Crippen molar-refractivity contribution in [2.45, 2.75) is 39.2 Å². The summed E-state index contributed by atoms with van der Waals surface area (Å²) in [7, 11) is 0. The van der Waals surface area contributed by atoms with Crippen LogP contribution in [-0.4, -0.2) is 29.9 Å². The van der Waals surface area contributed by atoms with Gasteiger partial charge >= 0.3 is 6.09 Å². The average molecular weight is 280 g/mol. The molecular formula is C15H24N2O3. The number of benzene rings is 1. The topological polar surface area (TPSA) is 84.6 Å². The quantitative estimate of drug-likeness (QED) is 0.790. The van der Waals surface area contributed by atoms with Crippen molar-refractivity contribution in [2.75, 3.05) is 13.1 Å². The highest BCUT2D eigenvalue weighted by molar-refractivity contribution is 5.67. The number of amides is 1. The van der Waals surface area contributed by atoms with Crippen LogP contribution >= 0.6 is 0 Å². The third-order valence-electron chi connectivity index (χ3n) is 2.80. The van der Waals surface area contributed by atoms with Crippen LogP contribution in [-0.2, 0) is 4.74 Å². The van der Waals surface area contributed by atoms with Crippen molar-refractivity contribution in [2.24, 2.45) is 5.73 Å². The first-order chi connectivity index (χ1) is 9.23. The lowest BCUT2D eigenvalue weighted by molar-refractivity contribution is 0.0524. The first-order valence-corrected chi connectivity index (χ1v) is 6.69. The first-order valence-electron chi connectivity index (χ1n) is 6.69. The highest BCUT2D eigenvalue weighted by Gasteiger charge is 2.19. The van der Waals surface area contributed by atoms with Gasteiger partial charge in [0, 0.05) is 24.6 Å². The number of carbonyl (C=O) groups excluding carboxylic acids is 1. The summed E-state index contributed by atoms with van der Waals surface area (Å²) >= 11 is 0. The van der Waals surface area contributed by atoms with Crippen molar-refractivity contribution in [3.8, 4) is 5.75 Å². The molecule has 0 aromatic heterocycles. The van der Waals surface area contributed by atoms with Crippen molar-refractivity contribution in [1.82, 2.24) is 5.32 Å². The van der Waals surface area contributed by atoms with Crippen LogP contribution in [0.25, 0.3) is 0 Å². The zero-order chi connectivity index (χ0) is 15.3. The predicted octanol–water partition coefficient (Wildman–Crippen LogP) is 2.27. The van der Waals surface area contributed by atoms with Crippen LogP contribution in [0.1, 0.15) is 37.8 Å². The summed E-state index contributed by atoms with van der Waals surface area (Å²) in [6.07, 6.45) is -0.483. The van der Waals surface area contributed by atoms with Gasteiger partial charge in [0.1, 0.15) is 11.4 Å². The van der Waals surface area contributed by atoms with Crippen molar-refractivity contribution >= 4 is 6.09 Å². The number of carbonyl (C=O) groups is 1. The third kappa shape index (κ3) is 5.09. The third-order valence-corrected chi connectivity index (χ3v) is 2.80. The van der Waals surface area contributed by atoms with Crippen LogP contribution < -0.4 is 11.1 Å². The van der Waals surface area contributed by atoms with E-state index in [-0.39, 0.29) is 11.7 Å². The van der Waals surface area contributed by atoms with Gasteiger partial charge in [0.15, 0.2) is 0 Å². The molecule has 1 aromatic carbocycles. The molecule has 0 spiro atoms. The van der Waals surface area contributed by atoms with E-state index in [0.717, 1.165) is 11.1 Å². The van der Waals surface area contributed by atoms with Gasteiger partial charge in [0.2, 0.25) is 0 Å². The first kappa shape index (κ1) is 16.3. The summed E-state index contributed by atoms with van der Waals surface area (Å²) in [5.74, 6) is 0.0412. The van der Waals surface area contributed by atoms with E-state index in [9.17, 15) is 9.90 Å². The minimum absolute atomic E-state index is 0.151. The number of nitrogens with one attached hydrogen (secondary N) is 1. The highest BCUT2D eigenvalue weighted by Crippen LogP contribution is 2.26. The Morgan fingerprint density at radius 1 is 1.45 bits per heavy atom. The average Bonchev–Trinajstić information content (AvgIpc) is 2.32. The van der Waals surface area contributed by atoms with Gasteiger partial charge in [-0.1, -0.05) is 17.7 Å². The number of aryl methyl sites for hydroxylation is 1. The molecule has 5 nitrogen and oxygen atoms in total. The molecule has 1 aromatic rings. The van der Waals surface area contributed by atoms with Crippen LogP contribution in [0.2, 0.25) is 0 Å². The number of ether oxygens (including phenoxy) is 1. The molecule has 1 rings (SSSR count). The van der Waals surface area contributed by atoms with Crippen LogP contribution in [0, 0.1) is 6.92 Å². The van der Waals surface area contributed by atoms with Crippen molar-refractivity contribution < 1.29 is 14.6 Å². The molecule has 0 radical (unpaired) electrons. The molecule has 0 aliphatic heterocycles. The summed E-state index contributed by atoms with van der Waals surface area (Å²) in [6, 6.07) is 5.35. The molecule has 112 valence electrons. The Labute approximate surface area is 120 Å². The van der Waals surface area contributed by atoms with Gasteiger partial charge < -0.3 is 20.9 Å². The fourth-order valence-corrected chi connectivity index (χ4v) is 1.84. The van der Waals surface area contributed by atoms with Crippen molar-refractivity contribution in [1.29, 1.82) is 0 Å². The van der Waals surface area contributed by atoms with Gasteiger partial charge in [-0.2, -0.15) is 0 Å². The molecule has 0 bridgehead atoms. The number of phenolic OH excluding ortho intramolecular Hbond substituents is 1. The lowest BCUT2D eigenvalue weighted by Gasteiger charge is -2.22. The van der Waals surface area contributed by atoms with Gasteiger partial charge in [-0.15, -0.1) is 0 Å². The van der Waals surface area contributed by atoms with Gasteiger partial charge in [-0.05, 0) is 33.8 Å². The molecule has 0 heterocycles. The Morgan fingerprint density at radius 3 is 2.65 bits per heavy atom. The lowest BCUT2D eigenvalue weighted by atomic mass is 9.96. The molecular weight excluding hydrogens is 256 g/mol. The predicted molar refractivity (Wildman–Crippen MR) is 78.9 cm³/mol. The zero-order valence-corrected chi connectivity index (χ0v) is 12.6. The number of hydrogen-bond acceptors (Lipinski definition) is 4. The van der Waals surface area contributed by atoms with E-state index < -0.39 is 11.7 Å². The van der Waals surface area contributed by atoms with Gasteiger partial charge in [0.05, 0.1) is 0 Å². The van der Waals surface area contributed by atoms with Gasteiger partial charge in [-0.3, -0.25) is 0 Å². The van der Waals surface area contributed by atoms with Crippen LogP contribution in [0.5, 0.6) is 5.75 Å². The molecule has 0 saturated carbocycles. The molecule has 4 N–H and O–H groups in total. The summed E-state index contributed by atoms with van der Waals surface area (Å²) < 4.78 is 5.17. The maximum atomic E-state index is 11.6. The number of alkyl carbamates (subject to hydrolysis) is 1. The summed E-state index contributed by atoms with van der Waals surface area (Å²) in [4.78, 5) is 11.6. The second kappa shape index (κ2) is 6.61. The molecule has 1 unspecified atom stereocenters. The number of aromatic hydroxyl groups is 1. The minimum atomic E-state index is -0.534. The van der Waals surface area contributed by atoms with E-state index in [1.807, 2.05) is 19.1 Å². The van der Waals surface area contributed by atoms with E-state index in [0.29, 0.717) is 13.1 Å². The molecule has 0 aliphatic rings. The van der Waals surface area contributed by atoms with Crippen LogP contribution in [0.3, 0.4) is 0 Å². The molecule has 0 saturated heterocycles. The Balaban J connectivity index is 2.68. The molecule has 1 atom stereocenters. The Morgan fingerprint density at radius 2 is 2.10 bits per heavy atom. The smallest absolute Gasteiger partial charge is 0.407 e. The van der Waals surface area contributed by atoms with Crippen LogP contribution in [0.4, 0.5) is 4.79 Å². The van der Waals surface area contributed by atoms with Crippen molar-refractivity contribution in [3.05, 3.63) is 29.3 Å². The molecule has 5 heteroatoms. The van der Waals surface area contributed by atoms with E-state index in [2.05, 4.69) is 5.32 Å². The van der Waals surface area contributed by atoms with Crippen molar-refractivity contribution in [3.63, 3.8) is 0 Å². The fourth-order valence-electron chi connectivity index (χ4n) is 1.84. The summed E-state index contributed by atoms with van der Waals surface area (Å²) in [5, 5.41) is 12.6. The Bertz CT molecular complexity index is 467. The number of hydrogen-bond donors (Lipinski definition) is 3. The largest absolute Gasteiger partial charge is 0.508 e. The molecule has 0 fully saturated rings. The number of rotatable bonds is 4. The second-order valence-electron chi connectivity index (χ2n) is 5.88. The Hall–Kier alpha value is -1.75. The minimum Gasteiger partial charge on any atom is -0.508 e. The SMILES string of the molecule is Cc1ccc(O)c(C(CN)CNC(=O)OC(C)(C)C)c1. The highest BCUT2D eigenvalue weighted by atomic mass is 16.6. The lowest BCUT2D eigenvalue weighted by Crippen LogP contribution is -2.36. The molecule has 20 heavy (non-hydrogen) atoms. The molecule has 0 aliphatic carbocycles. The standard InChI is InChI=1S/C15H24N2O3/c1-10-5-6-13(18)12(7-10)11(8-16)9-17-14(19)20-15(2,3)4/h5-7,11,18H,8-9,16H2,1-4H3,(H,17,19). The summed E-state index contributed by atoms with van der Waals surface area (Å²) in [6.45, 7) is 8.01. The normalized spacial score (nSPS) is 12.8. The second-order valence-corrected chi connectivity index (χ2v) is 5.88.